The normalized spacial score (nSPS) is 16.3. The molecule has 1 aliphatic rings. The molecule has 0 aromatic carbocycles. The lowest BCUT2D eigenvalue weighted by atomic mass is 10.1. The SMILES string of the molecule is CC(C)c1cc(Nc2cccnc2O[C@@H]2CCN(c3cn[nH]c(=O)c3Cl)C2)n(C)n1. The van der Waals surface area contributed by atoms with Crippen LogP contribution in [0.15, 0.2) is 35.4 Å². The van der Waals surface area contributed by atoms with E-state index in [4.69, 9.17) is 16.3 Å². The van der Waals surface area contributed by atoms with Gasteiger partial charge in [0, 0.05) is 32.3 Å². The van der Waals surface area contributed by atoms with Crippen LogP contribution in [-0.2, 0) is 7.05 Å². The summed E-state index contributed by atoms with van der Waals surface area (Å²) in [5.41, 5.74) is 2.00. The molecule has 0 amide bonds. The first-order valence-corrected chi connectivity index (χ1v) is 10.2. The number of anilines is 3. The number of rotatable bonds is 6. The summed E-state index contributed by atoms with van der Waals surface area (Å²) < 4.78 is 8.01. The van der Waals surface area contributed by atoms with Crippen molar-refractivity contribution in [3.8, 4) is 5.88 Å². The molecular weight excluding hydrogens is 406 g/mol. The van der Waals surface area contributed by atoms with E-state index in [9.17, 15) is 4.79 Å². The van der Waals surface area contributed by atoms with Crippen molar-refractivity contribution in [3.05, 3.63) is 51.7 Å². The van der Waals surface area contributed by atoms with Gasteiger partial charge in [-0.3, -0.25) is 9.48 Å². The molecule has 158 valence electrons. The molecule has 4 rings (SSSR count). The standard InChI is InChI=1S/C20H24ClN7O2/c1-12(2)15-9-17(27(3)26-15)24-14-5-4-7-22-20(14)30-13-6-8-28(11-13)16-10-23-25-19(29)18(16)21/h4-5,7,9-10,12-13,24H,6,8,11H2,1-3H3,(H,25,29)/t13-/m1/s1. The van der Waals surface area contributed by atoms with Crippen LogP contribution < -0.4 is 20.5 Å². The van der Waals surface area contributed by atoms with E-state index in [0.717, 1.165) is 23.6 Å². The van der Waals surface area contributed by atoms with Crippen LogP contribution in [0.25, 0.3) is 0 Å². The Balaban J connectivity index is 1.49. The molecule has 9 nitrogen and oxygen atoms in total. The third-order valence-electron chi connectivity index (χ3n) is 5.07. The van der Waals surface area contributed by atoms with Gasteiger partial charge in [0.2, 0.25) is 5.88 Å². The molecule has 1 aliphatic heterocycles. The molecule has 1 fully saturated rings. The molecule has 0 aliphatic carbocycles. The van der Waals surface area contributed by atoms with Crippen LogP contribution in [-0.4, -0.2) is 44.2 Å². The van der Waals surface area contributed by atoms with E-state index in [1.165, 1.54) is 0 Å². The number of aromatic nitrogens is 5. The van der Waals surface area contributed by atoms with E-state index in [1.807, 2.05) is 34.8 Å². The Labute approximate surface area is 179 Å². The molecule has 0 spiro atoms. The topological polar surface area (TPSA) is 101 Å². The number of aryl methyl sites for hydroxylation is 1. The average Bonchev–Trinajstić information content (AvgIpc) is 3.32. The number of hydrogen-bond donors (Lipinski definition) is 2. The van der Waals surface area contributed by atoms with Crippen molar-refractivity contribution in [2.24, 2.45) is 7.05 Å². The van der Waals surface area contributed by atoms with Crippen molar-refractivity contribution in [2.75, 3.05) is 23.3 Å². The lowest BCUT2D eigenvalue weighted by Gasteiger charge is -2.19. The smallest absolute Gasteiger partial charge is 0.285 e. The van der Waals surface area contributed by atoms with Gasteiger partial charge in [0.15, 0.2) is 0 Å². The van der Waals surface area contributed by atoms with Crippen LogP contribution in [0.4, 0.5) is 17.2 Å². The highest BCUT2D eigenvalue weighted by Crippen LogP contribution is 2.30. The van der Waals surface area contributed by atoms with Crippen molar-refractivity contribution < 1.29 is 4.74 Å². The van der Waals surface area contributed by atoms with Crippen molar-refractivity contribution >= 4 is 28.8 Å². The molecule has 4 heterocycles. The summed E-state index contributed by atoms with van der Waals surface area (Å²) >= 11 is 6.14. The van der Waals surface area contributed by atoms with Gasteiger partial charge < -0.3 is 15.0 Å². The summed E-state index contributed by atoms with van der Waals surface area (Å²) in [5, 5.41) is 14.2. The molecule has 0 bridgehead atoms. The van der Waals surface area contributed by atoms with Crippen LogP contribution in [0, 0.1) is 0 Å². The minimum Gasteiger partial charge on any atom is -0.471 e. The highest BCUT2D eigenvalue weighted by atomic mass is 35.5. The minimum atomic E-state index is -0.397. The fourth-order valence-electron chi connectivity index (χ4n) is 3.40. The number of nitrogens with zero attached hydrogens (tertiary/aromatic N) is 5. The Morgan fingerprint density at radius 3 is 3.00 bits per heavy atom. The predicted molar refractivity (Wildman–Crippen MR) is 116 cm³/mol. The number of hydrogen-bond acceptors (Lipinski definition) is 7. The van der Waals surface area contributed by atoms with E-state index in [0.29, 0.717) is 30.6 Å². The van der Waals surface area contributed by atoms with Gasteiger partial charge in [-0.15, -0.1) is 0 Å². The fraction of sp³-hybridized carbons (Fsp3) is 0.400. The van der Waals surface area contributed by atoms with Gasteiger partial charge in [0.05, 0.1) is 24.1 Å². The fourth-order valence-corrected chi connectivity index (χ4v) is 3.61. The first-order chi connectivity index (χ1) is 14.4. The zero-order chi connectivity index (χ0) is 21.3. The molecule has 2 N–H and O–H groups in total. The molecule has 3 aromatic rings. The molecule has 10 heteroatoms. The van der Waals surface area contributed by atoms with Crippen LogP contribution in [0.2, 0.25) is 5.02 Å². The first kappa shape index (κ1) is 20.2. The molecule has 1 saturated heterocycles. The number of aromatic amines is 1. The minimum absolute atomic E-state index is 0.0893. The second kappa shape index (κ2) is 8.35. The van der Waals surface area contributed by atoms with E-state index < -0.39 is 5.56 Å². The summed E-state index contributed by atoms with van der Waals surface area (Å²) in [6.45, 7) is 5.52. The second-order valence-corrected chi connectivity index (χ2v) is 7.96. The Morgan fingerprint density at radius 2 is 2.23 bits per heavy atom. The van der Waals surface area contributed by atoms with Gasteiger partial charge in [-0.05, 0) is 18.1 Å². The van der Waals surface area contributed by atoms with Crippen molar-refractivity contribution in [1.82, 2.24) is 25.0 Å². The maximum Gasteiger partial charge on any atom is 0.285 e. The van der Waals surface area contributed by atoms with Crippen molar-refractivity contribution in [2.45, 2.75) is 32.3 Å². The molecule has 30 heavy (non-hydrogen) atoms. The number of pyridine rings is 1. The largest absolute Gasteiger partial charge is 0.471 e. The van der Waals surface area contributed by atoms with Gasteiger partial charge in [-0.1, -0.05) is 25.4 Å². The maximum atomic E-state index is 11.7. The third-order valence-corrected chi connectivity index (χ3v) is 5.43. The zero-order valence-electron chi connectivity index (χ0n) is 17.1. The predicted octanol–water partition coefficient (Wildman–Crippen LogP) is 3.08. The summed E-state index contributed by atoms with van der Waals surface area (Å²) in [7, 11) is 1.90. The molecule has 0 saturated carbocycles. The first-order valence-electron chi connectivity index (χ1n) is 9.83. The van der Waals surface area contributed by atoms with E-state index in [2.05, 4.69) is 39.4 Å². The Kier molecular flexibility index (Phi) is 5.63. The van der Waals surface area contributed by atoms with E-state index in [1.54, 1.807) is 12.4 Å². The lowest BCUT2D eigenvalue weighted by Crippen LogP contribution is -2.27. The summed E-state index contributed by atoms with van der Waals surface area (Å²) in [6.07, 6.45) is 3.96. The highest BCUT2D eigenvalue weighted by Gasteiger charge is 2.27. The quantitative estimate of drug-likeness (QED) is 0.620. The molecular formula is C20H24ClN7O2. The average molecular weight is 430 g/mol. The molecule has 0 radical (unpaired) electrons. The van der Waals surface area contributed by atoms with E-state index in [-0.39, 0.29) is 11.1 Å². The van der Waals surface area contributed by atoms with Crippen LogP contribution >= 0.6 is 11.6 Å². The number of nitrogens with one attached hydrogen (secondary N) is 2. The van der Waals surface area contributed by atoms with Gasteiger partial charge in [0.25, 0.3) is 5.56 Å². The third kappa shape index (κ3) is 4.11. The van der Waals surface area contributed by atoms with Crippen LogP contribution in [0.3, 0.4) is 0 Å². The van der Waals surface area contributed by atoms with Crippen LogP contribution in [0.1, 0.15) is 31.9 Å². The second-order valence-electron chi connectivity index (χ2n) is 7.59. The Hall–Kier alpha value is -3.07. The van der Waals surface area contributed by atoms with Crippen molar-refractivity contribution in [3.63, 3.8) is 0 Å². The van der Waals surface area contributed by atoms with Crippen LogP contribution in [0.5, 0.6) is 5.88 Å². The van der Waals surface area contributed by atoms with Gasteiger partial charge in [-0.2, -0.15) is 10.2 Å². The maximum absolute atomic E-state index is 11.7. The van der Waals surface area contributed by atoms with Gasteiger partial charge >= 0.3 is 0 Å². The summed E-state index contributed by atoms with van der Waals surface area (Å²) in [4.78, 5) is 18.1. The van der Waals surface area contributed by atoms with E-state index >= 15 is 0 Å². The summed E-state index contributed by atoms with van der Waals surface area (Å²) in [5.74, 6) is 1.73. The molecule has 1 atom stereocenters. The summed E-state index contributed by atoms with van der Waals surface area (Å²) in [6, 6.07) is 5.81. The van der Waals surface area contributed by atoms with Crippen molar-refractivity contribution in [1.29, 1.82) is 0 Å². The monoisotopic (exact) mass is 429 g/mol. The Morgan fingerprint density at radius 1 is 1.40 bits per heavy atom. The number of halogens is 1. The molecule has 0 unspecified atom stereocenters. The van der Waals surface area contributed by atoms with Gasteiger partial charge in [0.1, 0.15) is 22.6 Å². The Bertz CT molecular complexity index is 1090. The number of H-pyrrole nitrogens is 1. The lowest BCUT2D eigenvalue weighted by molar-refractivity contribution is 0.217. The molecule has 3 aromatic heterocycles. The zero-order valence-corrected chi connectivity index (χ0v) is 17.8. The number of ether oxygens (including phenoxy) is 1. The highest BCUT2D eigenvalue weighted by molar-refractivity contribution is 6.33. The van der Waals surface area contributed by atoms with Gasteiger partial charge in [-0.25, -0.2) is 10.1 Å².